The Morgan fingerprint density at radius 2 is 2.09 bits per heavy atom. The molecule has 1 aromatic carbocycles. The lowest BCUT2D eigenvalue weighted by atomic mass is 9.79. The molecule has 1 unspecified atom stereocenters. The van der Waals surface area contributed by atoms with Crippen LogP contribution in [0.1, 0.15) is 31.2 Å². The molecule has 0 radical (unpaired) electrons. The molecule has 0 bridgehead atoms. The molecule has 0 spiro atoms. The van der Waals surface area contributed by atoms with E-state index in [1.54, 1.807) is 32.2 Å². The normalized spacial score (nSPS) is 18.7. The zero-order valence-electron chi connectivity index (χ0n) is 13.3. The average Bonchev–Trinajstić information content (AvgIpc) is 2.54. The average molecular weight is 308 g/mol. The topological polar surface area (TPSA) is 50.4 Å². The molecule has 1 aromatic rings. The van der Waals surface area contributed by atoms with Gasteiger partial charge in [-0.2, -0.15) is 0 Å². The van der Waals surface area contributed by atoms with E-state index >= 15 is 0 Å². The van der Waals surface area contributed by atoms with Gasteiger partial charge in [0.25, 0.3) is 0 Å². The van der Waals surface area contributed by atoms with Crippen molar-refractivity contribution in [1.82, 2.24) is 10.6 Å². The van der Waals surface area contributed by atoms with Gasteiger partial charge in [0.15, 0.2) is 0 Å². The molecule has 1 amide bonds. The van der Waals surface area contributed by atoms with Gasteiger partial charge in [-0.15, -0.1) is 0 Å². The number of carbonyl (C=O) groups is 1. The van der Waals surface area contributed by atoms with E-state index in [2.05, 4.69) is 10.6 Å². The van der Waals surface area contributed by atoms with Crippen LogP contribution >= 0.6 is 0 Å². The molecule has 4 nitrogen and oxygen atoms in total. The lowest BCUT2D eigenvalue weighted by Gasteiger charge is -2.37. The van der Waals surface area contributed by atoms with Crippen LogP contribution in [0.2, 0.25) is 0 Å². The molecule has 1 aliphatic heterocycles. The van der Waals surface area contributed by atoms with Crippen LogP contribution in [0.4, 0.5) is 4.39 Å². The highest BCUT2D eigenvalue weighted by Gasteiger charge is 2.33. The highest BCUT2D eigenvalue weighted by Crippen LogP contribution is 2.28. The molecular weight excluding hydrogens is 283 g/mol. The Morgan fingerprint density at radius 1 is 1.41 bits per heavy atom. The van der Waals surface area contributed by atoms with E-state index in [1.807, 2.05) is 0 Å². The van der Waals surface area contributed by atoms with Gasteiger partial charge < -0.3 is 15.4 Å². The number of hydrogen-bond acceptors (Lipinski definition) is 3. The number of halogens is 1. The Hall–Kier alpha value is -1.46. The first kappa shape index (κ1) is 16.9. The van der Waals surface area contributed by atoms with Gasteiger partial charge in [0.2, 0.25) is 5.91 Å². The molecule has 122 valence electrons. The molecule has 0 saturated carbocycles. The SMILES string of the molecule is COCC1(CNC(=O)C(C)c2ccccc2F)CCNCC1. The van der Waals surface area contributed by atoms with Crippen molar-refractivity contribution in [3.05, 3.63) is 35.6 Å². The van der Waals surface area contributed by atoms with E-state index in [-0.39, 0.29) is 17.1 Å². The van der Waals surface area contributed by atoms with Crippen LogP contribution in [0.15, 0.2) is 24.3 Å². The third-order valence-corrected chi connectivity index (χ3v) is 4.52. The predicted molar refractivity (Wildman–Crippen MR) is 84.2 cm³/mol. The van der Waals surface area contributed by atoms with Crippen LogP contribution in [-0.2, 0) is 9.53 Å². The van der Waals surface area contributed by atoms with Crippen LogP contribution in [-0.4, -0.2) is 39.3 Å². The summed E-state index contributed by atoms with van der Waals surface area (Å²) >= 11 is 0. The van der Waals surface area contributed by atoms with Crippen LogP contribution in [0, 0.1) is 11.2 Å². The summed E-state index contributed by atoms with van der Waals surface area (Å²) in [7, 11) is 1.69. The fourth-order valence-corrected chi connectivity index (χ4v) is 3.03. The van der Waals surface area contributed by atoms with E-state index in [4.69, 9.17) is 4.74 Å². The van der Waals surface area contributed by atoms with Crippen molar-refractivity contribution in [2.45, 2.75) is 25.7 Å². The zero-order valence-corrected chi connectivity index (χ0v) is 13.3. The van der Waals surface area contributed by atoms with Gasteiger partial charge in [0.05, 0.1) is 12.5 Å². The van der Waals surface area contributed by atoms with E-state index in [0.717, 1.165) is 25.9 Å². The van der Waals surface area contributed by atoms with E-state index < -0.39 is 5.92 Å². The lowest BCUT2D eigenvalue weighted by Crippen LogP contribution is -2.47. The van der Waals surface area contributed by atoms with Crippen molar-refractivity contribution in [1.29, 1.82) is 0 Å². The first-order valence-corrected chi connectivity index (χ1v) is 7.80. The predicted octanol–water partition coefficient (Wildman–Crippen LogP) is 2.06. The van der Waals surface area contributed by atoms with Gasteiger partial charge in [0.1, 0.15) is 5.82 Å². The number of ether oxygens (including phenoxy) is 1. The molecule has 1 saturated heterocycles. The first-order chi connectivity index (χ1) is 10.6. The number of benzene rings is 1. The quantitative estimate of drug-likeness (QED) is 0.846. The molecule has 5 heteroatoms. The Bertz CT molecular complexity index is 496. The number of rotatable bonds is 6. The molecule has 22 heavy (non-hydrogen) atoms. The minimum atomic E-state index is -0.498. The minimum Gasteiger partial charge on any atom is -0.384 e. The Labute approximate surface area is 131 Å². The molecule has 0 aliphatic carbocycles. The van der Waals surface area contributed by atoms with Crippen molar-refractivity contribution >= 4 is 5.91 Å². The summed E-state index contributed by atoms with van der Waals surface area (Å²) in [4.78, 5) is 12.4. The van der Waals surface area contributed by atoms with Crippen molar-refractivity contribution in [3.63, 3.8) is 0 Å². The Balaban J connectivity index is 1.97. The largest absolute Gasteiger partial charge is 0.384 e. The number of piperidine rings is 1. The summed E-state index contributed by atoms with van der Waals surface area (Å²) in [5.41, 5.74) is 0.413. The van der Waals surface area contributed by atoms with Gasteiger partial charge in [-0.25, -0.2) is 4.39 Å². The Morgan fingerprint density at radius 3 is 2.73 bits per heavy atom. The lowest BCUT2D eigenvalue weighted by molar-refractivity contribution is -0.123. The second-order valence-corrected chi connectivity index (χ2v) is 6.14. The number of methoxy groups -OCH3 is 1. The molecular formula is C17H25FN2O2. The molecule has 2 N–H and O–H groups in total. The molecule has 1 heterocycles. The highest BCUT2D eigenvalue weighted by atomic mass is 19.1. The first-order valence-electron chi connectivity index (χ1n) is 7.80. The molecule has 0 aromatic heterocycles. The van der Waals surface area contributed by atoms with Crippen LogP contribution in [0.3, 0.4) is 0 Å². The van der Waals surface area contributed by atoms with Crippen LogP contribution < -0.4 is 10.6 Å². The van der Waals surface area contributed by atoms with Crippen molar-refractivity contribution in [2.24, 2.45) is 5.41 Å². The van der Waals surface area contributed by atoms with Crippen molar-refractivity contribution < 1.29 is 13.9 Å². The second kappa shape index (κ2) is 7.70. The molecule has 2 rings (SSSR count). The standard InChI is InChI=1S/C17H25FN2O2/c1-13(14-5-3-4-6-15(14)18)16(21)20-11-17(12-22-2)7-9-19-10-8-17/h3-6,13,19H,7-12H2,1-2H3,(H,20,21). The van der Waals surface area contributed by atoms with Gasteiger partial charge in [-0.3, -0.25) is 4.79 Å². The molecule has 1 fully saturated rings. The summed E-state index contributed by atoms with van der Waals surface area (Å²) in [6.45, 7) is 4.80. The van der Waals surface area contributed by atoms with Crippen LogP contribution in [0.25, 0.3) is 0 Å². The summed E-state index contributed by atoms with van der Waals surface area (Å²) in [5, 5.41) is 6.31. The summed E-state index contributed by atoms with van der Waals surface area (Å²) in [6.07, 6.45) is 1.93. The molecule has 1 aliphatic rings. The van der Waals surface area contributed by atoms with Gasteiger partial charge >= 0.3 is 0 Å². The maximum absolute atomic E-state index is 13.8. The highest BCUT2D eigenvalue weighted by molar-refractivity contribution is 5.83. The van der Waals surface area contributed by atoms with Crippen molar-refractivity contribution in [3.8, 4) is 0 Å². The zero-order chi connectivity index (χ0) is 16.0. The van der Waals surface area contributed by atoms with Crippen molar-refractivity contribution in [2.75, 3.05) is 33.4 Å². The second-order valence-electron chi connectivity index (χ2n) is 6.14. The maximum Gasteiger partial charge on any atom is 0.227 e. The third-order valence-electron chi connectivity index (χ3n) is 4.52. The van der Waals surface area contributed by atoms with Crippen LogP contribution in [0.5, 0.6) is 0 Å². The van der Waals surface area contributed by atoms with Gasteiger partial charge in [-0.05, 0) is 44.5 Å². The number of nitrogens with one attached hydrogen (secondary N) is 2. The third kappa shape index (κ3) is 4.05. The maximum atomic E-state index is 13.8. The fraction of sp³-hybridized carbons (Fsp3) is 0.588. The molecule has 1 atom stereocenters. The number of hydrogen-bond donors (Lipinski definition) is 2. The summed E-state index contributed by atoms with van der Waals surface area (Å²) < 4.78 is 19.1. The smallest absolute Gasteiger partial charge is 0.227 e. The monoisotopic (exact) mass is 308 g/mol. The fourth-order valence-electron chi connectivity index (χ4n) is 3.03. The number of carbonyl (C=O) groups excluding carboxylic acids is 1. The Kier molecular flexibility index (Phi) is 5.91. The summed E-state index contributed by atoms with van der Waals surface area (Å²) in [6, 6.07) is 6.43. The van der Waals surface area contributed by atoms with E-state index in [9.17, 15) is 9.18 Å². The van der Waals surface area contributed by atoms with Gasteiger partial charge in [-0.1, -0.05) is 18.2 Å². The van der Waals surface area contributed by atoms with E-state index in [0.29, 0.717) is 18.7 Å². The number of amides is 1. The summed E-state index contributed by atoms with van der Waals surface area (Å²) in [5.74, 6) is -0.972. The van der Waals surface area contributed by atoms with Gasteiger partial charge in [0, 0.05) is 19.1 Å². The minimum absolute atomic E-state index is 0.0232. The van der Waals surface area contributed by atoms with E-state index in [1.165, 1.54) is 6.07 Å².